The van der Waals surface area contributed by atoms with Gasteiger partial charge in [0.2, 0.25) is 6.79 Å². The van der Waals surface area contributed by atoms with Gasteiger partial charge >= 0.3 is 0 Å². The molecule has 30 heavy (non-hydrogen) atoms. The molecule has 0 saturated carbocycles. The number of hydrogen-bond donors (Lipinski definition) is 1. The minimum absolute atomic E-state index is 0.0687. The molecule has 2 aliphatic heterocycles. The maximum Gasteiger partial charge on any atom is 0.251 e. The number of nitrogens with zero attached hydrogens (tertiary/aromatic N) is 3. The van der Waals surface area contributed by atoms with E-state index in [4.69, 9.17) is 14.5 Å². The molecule has 2 aromatic carbocycles. The number of fused-ring (bicyclic) bond motifs is 2. The summed E-state index contributed by atoms with van der Waals surface area (Å²) in [5, 5.41) is 3.09. The van der Waals surface area contributed by atoms with Gasteiger partial charge in [0.25, 0.3) is 5.91 Å². The van der Waals surface area contributed by atoms with Crippen LogP contribution in [0.3, 0.4) is 0 Å². The molecule has 7 nitrogen and oxygen atoms in total. The van der Waals surface area contributed by atoms with E-state index in [0.29, 0.717) is 29.5 Å². The van der Waals surface area contributed by atoms with Crippen LogP contribution in [0.4, 0.5) is 0 Å². The molecule has 1 amide bonds. The largest absolute Gasteiger partial charge is 0.454 e. The fourth-order valence-corrected chi connectivity index (χ4v) is 4.38. The average molecular weight is 406 g/mol. The maximum atomic E-state index is 12.6. The third-order valence-electron chi connectivity index (χ3n) is 6.03. The summed E-state index contributed by atoms with van der Waals surface area (Å²) in [6.45, 7) is 3.74. The summed E-state index contributed by atoms with van der Waals surface area (Å²) >= 11 is 0. The number of aryl methyl sites for hydroxylation is 1. The molecule has 2 aliphatic rings. The van der Waals surface area contributed by atoms with E-state index in [1.165, 1.54) is 0 Å². The van der Waals surface area contributed by atoms with Crippen molar-refractivity contribution >= 4 is 16.9 Å². The van der Waals surface area contributed by atoms with Crippen LogP contribution in [0, 0.1) is 5.92 Å². The van der Waals surface area contributed by atoms with E-state index in [-0.39, 0.29) is 12.7 Å². The van der Waals surface area contributed by atoms with Crippen LogP contribution < -0.4 is 14.8 Å². The zero-order valence-corrected chi connectivity index (χ0v) is 17.1. The minimum Gasteiger partial charge on any atom is -0.454 e. The number of para-hydroxylation sites is 2. The van der Waals surface area contributed by atoms with E-state index in [1.807, 2.05) is 12.1 Å². The molecule has 0 unspecified atom stereocenters. The number of rotatable bonds is 5. The Morgan fingerprint density at radius 2 is 2.07 bits per heavy atom. The normalized spacial score (nSPS) is 18.6. The van der Waals surface area contributed by atoms with Gasteiger partial charge in [-0.05, 0) is 55.6 Å². The summed E-state index contributed by atoms with van der Waals surface area (Å²) in [4.78, 5) is 19.8. The molecule has 5 rings (SSSR count). The molecule has 1 atom stereocenters. The van der Waals surface area contributed by atoms with E-state index in [9.17, 15) is 4.79 Å². The number of likely N-dealkylation sites (tertiary alicyclic amines) is 1. The van der Waals surface area contributed by atoms with Gasteiger partial charge in [-0.3, -0.25) is 9.69 Å². The first-order valence-electron chi connectivity index (χ1n) is 10.5. The first kappa shape index (κ1) is 18.9. The first-order valence-corrected chi connectivity index (χ1v) is 10.5. The van der Waals surface area contributed by atoms with Crippen molar-refractivity contribution in [3.8, 4) is 11.5 Å². The molecule has 7 heteroatoms. The summed E-state index contributed by atoms with van der Waals surface area (Å²) in [5.41, 5.74) is 2.81. The smallest absolute Gasteiger partial charge is 0.251 e. The highest BCUT2D eigenvalue weighted by Gasteiger charge is 2.23. The topological polar surface area (TPSA) is 68.6 Å². The van der Waals surface area contributed by atoms with Crippen LogP contribution in [0.2, 0.25) is 0 Å². The van der Waals surface area contributed by atoms with Crippen LogP contribution in [-0.2, 0) is 13.6 Å². The van der Waals surface area contributed by atoms with Crippen molar-refractivity contribution in [2.75, 3.05) is 26.4 Å². The van der Waals surface area contributed by atoms with Crippen molar-refractivity contribution in [2.24, 2.45) is 13.0 Å². The minimum atomic E-state index is -0.0687. The van der Waals surface area contributed by atoms with E-state index >= 15 is 0 Å². The predicted molar refractivity (Wildman–Crippen MR) is 114 cm³/mol. The molecule has 0 radical (unpaired) electrons. The van der Waals surface area contributed by atoms with Gasteiger partial charge in [-0.25, -0.2) is 4.98 Å². The van der Waals surface area contributed by atoms with Crippen molar-refractivity contribution in [2.45, 2.75) is 19.4 Å². The molecule has 0 bridgehead atoms. The van der Waals surface area contributed by atoms with Gasteiger partial charge in [0.1, 0.15) is 5.82 Å². The fraction of sp³-hybridized carbons (Fsp3) is 0.391. The van der Waals surface area contributed by atoms with Crippen molar-refractivity contribution in [1.82, 2.24) is 19.8 Å². The average Bonchev–Trinajstić information content (AvgIpc) is 3.36. The third-order valence-corrected chi connectivity index (χ3v) is 6.03. The lowest BCUT2D eigenvalue weighted by Gasteiger charge is -2.32. The third kappa shape index (κ3) is 3.73. The van der Waals surface area contributed by atoms with Crippen LogP contribution in [0.15, 0.2) is 42.5 Å². The lowest BCUT2D eigenvalue weighted by atomic mass is 9.98. The van der Waals surface area contributed by atoms with Gasteiger partial charge in [0.15, 0.2) is 11.5 Å². The van der Waals surface area contributed by atoms with Crippen molar-refractivity contribution in [3.63, 3.8) is 0 Å². The molecule has 1 aromatic heterocycles. The number of ether oxygens (including phenoxy) is 2. The summed E-state index contributed by atoms with van der Waals surface area (Å²) in [6, 6.07) is 13.6. The molecular formula is C23H26N4O3. The Bertz CT molecular complexity index is 1080. The lowest BCUT2D eigenvalue weighted by Crippen LogP contribution is -2.40. The highest BCUT2D eigenvalue weighted by atomic mass is 16.7. The number of nitrogens with one attached hydrogen (secondary N) is 1. The molecule has 3 aromatic rings. The number of carbonyl (C=O) groups is 1. The monoisotopic (exact) mass is 406 g/mol. The fourth-order valence-electron chi connectivity index (χ4n) is 4.38. The van der Waals surface area contributed by atoms with Gasteiger partial charge in [0, 0.05) is 25.7 Å². The predicted octanol–water partition coefficient (Wildman–Crippen LogP) is 2.94. The molecule has 1 fully saturated rings. The molecule has 156 valence electrons. The Balaban J connectivity index is 1.18. The Morgan fingerprint density at radius 3 is 2.97 bits per heavy atom. The Hall–Kier alpha value is -3.06. The number of amides is 1. The number of benzene rings is 2. The van der Waals surface area contributed by atoms with E-state index in [2.05, 4.69) is 34.0 Å². The standard InChI is InChI=1S/C23H26N4O3/c1-26-19-7-3-2-6-18(19)25-22(26)14-27-10-4-5-16(13-27)12-24-23(28)17-8-9-20-21(11-17)30-15-29-20/h2-3,6-9,11,16H,4-5,10,12-15H2,1H3,(H,24,28)/t16-/m0/s1. The van der Waals surface area contributed by atoms with E-state index in [1.54, 1.807) is 18.2 Å². The maximum absolute atomic E-state index is 12.6. The molecule has 1 N–H and O–H groups in total. The molecule has 0 spiro atoms. The van der Waals surface area contributed by atoms with Crippen molar-refractivity contribution in [1.29, 1.82) is 0 Å². The first-order chi connectivity index (χ1) is 14.7. The van der Waals surface area contributed by atoms with Crippen LogP contribution in [0.1, 0.15) is 29.0 Å². The zero-order chi connectivity index (χ0) is 20.5. The summed E-state index contributed by atoms with van der Waals surface area (Å²) in [6.07, 6.45) is 2.26. The van der Waals surface area contributed by atoms with Gasteiger partial charge in [-0.2, -0.15) is 0 Å². The second-order valence-electron chi connectivity index (χ2n) is 8.10. The summed E-state index contributed by atoms with van der Waals surface area (Å²) in [7, 11) is 2.08. The van der Waals surface area contributed by atoms with Crippen LogP contribution in [0.25, 0.3) is 11.0 Å². The Kier molecular flexibility index (Phi) is 5.04. The van der Waals surface area contributed by atoms with Crippen LogP contribution in [-0.4, -0.2) is 46.8 Å². The van der Waals surface area contributed by atoms with Crippen molar-refractivity contribution < 1.29 is 14.3 Å². The summed E-state index contributed by atoms with van der Waals surface area (Å²) < 4.78 is 12.9. The zero-order valence-electron chi connectivity index (χ0n) is 17.1. The highest BCUT2D eigenvalue weighted by Crippen LogP contribution is 2.32. The second-order valence-corrected chi connectivity index (χ2v) is 8.10. The Morgan fingerprint density at radius 1 is 1.20 bits per heavy atom. The number of piperidine rings is 1. The van der Waals surface area contributed by atoms with E-state index < -0.39 is 0 Å². The van der Waals surface area contributed by atoms with Gasteiger partial charge in [0.05, 0.1) is 17.6 Å². The van der Waals surface area contributed by atoms with Gasteiger partial charge < -0.3 is 19.4 Å². The highest BCUT2D eigenvalue weighted by molar-refractivity contribution is 5.94. The van der Waals surface area contributed by atoms with Gasteiger partial charge in [-0.1, -0.05) is 12.1 Å². The lowest BCUT2D eigenvalue weighted by molar-refractivity contribution is 0.0929. The molecule has 1 saturated heterocycles. The van der Waals surface area contributed by atoms with E-state index in [0.717, 1.165) is 49.3 Å². The SMILES string of the molecule is Cn1c(CN2CCC[C@@H](CNC(=O)c3ccc4c(c3)OCO4)C2)nc2ccccc21. The van der Waals surface area contributed by atoms with Crippen LogP contribution in [0.5, 0.6) is 11.5 Å². The van der Waals surface area contributed by atoms with Crippen LogP contribution >= 0.6 is 0 Å². The number of hydrogen-bond acceptors (Lipinski definition) is 5. The van der Waals surface area contributed by atoms with Gasteiger partial charge in [-0.15, -0.1) is 0 Å². The molecule has 3 heterocycles. The quantitative estimate of drug-likeness (QED) is 0.706. The number of imidazole rings is 1. The molecular weight excluding hydrogens is 380 g/mol. The summed E-state index contributed by atoms with van der Waals surface area (Å²) in [5.74, 6) is 2.78. The van der Waals surface area contributed by atoms with Crippen molar-refractivity contribution in [3.05, 3.63) is 53.9 Å². The molecule has 0 aliphatic carbocycles. The number of aromatic nitrogens is 2. The Labute approximate surface area is 175 Å². The second kappa shape index (κ2) is 7.99. The number of carbonyl (C=O) groups excluding carboxylic acids is 1.